The molecule has 1 fully saturated rings. The van der Waals surface area contributed by atoms with Crippen molar-refractivity contribution in [2.75, 3.05) is 24.2 Å². The Morgan fingerprint density at radius 2 is 1.90 bits per heavy atom. The summed E-state index contributed by atoms with van der Waals surface area (Å²) in [4.78, 5) is 13.0. The van der Waals surface area contributed by atoms with E-state index in [0.717, 1.165) is 42.0 Å². The zero-order chi connectivity index (χ0) is 20.4. The number of nitrogens with one attached hydrogen (secondary N) is 1. The quantitative estimate of drug-likeness (QED) is 0.785. The second-order valence-electron chi connectivity index (χ2n) is 7.85. The lowest BCUT2D eigenvalue weighted by atomic mass is 9.97. The van der Waals surface area contributed by atoms with Gasteiger partial charge in [-0.05, 0) is 50.7 Å². The highest BCUT2D eigenvalue weighted by Gasteiger charge is 2.32. The fraction of sp³-hybridized carbons (Fsp3) is 0.524. The van der Waals surface area contributed by atoms with Crippen LogP contribution in [-0.2, 0) is 27.7 Å². The van der Waals surface area contributed by atoms with Gasteiger partial charge in [0, 0.05) is 24.6 Å². The molecule has 1 aliphatic heterocycles. The van der Waals surface area contributed by atoms with E-state index in [9.17, 15) is 13.2 Å². The molecule has 29 heavy (non-hydrogen) atoms. The second kappa shape index (κ2) is 8.28. The van der Waals surface area contributed by atoms with Crippen molar-refractivity contribution in [1.82, 2.24) is 14.1 Å². The molecule has 0 radical (unpaired) electrons. The van der Waals surface area contributed by atoms with E-state index < -0.39 is 10.0 Å². The smallest absolute Gasteiger partial charge is 0.228 e. The standard InChI is InChI=1S/C21H28N4O3S/c1-2-15-29(27,28)24-13-11-16(12-14-24)21(26)22-20-18-9-6-10-19(18)23-25(20)17-7-4-3-5-8-17/h3-5,7-8,16H,2,6,9-15H2,1H3,(H,22,26). The van der Waals surface area contributed by atoms with Crippen LogP contribution < -0.4 is 5.32 Å². The zero-order valence-electron chi connectivity index (χ0n) is 16.8. The number of anilines is 1. The summed E-state index contributed by atoms with van der Waals surface area (Å²) in [7, 11) is -3.20. The Labute approximate surface area is 172 Å². The SMILES string of the molecule is CCCS(=O)(=O)N1CCC(C(=O)Nc2c3c(nn2-c2ccccc2)CCC3)CC1. The predicted octanol–water partition coefficient (Wildman–Crippen LogP) is 2.75. The molecule has 0 saturated carbocycles. The molecule has 2 aliphatic rings. The van der Waals surface area contributed by atoms with Crippen molar-refractivity contribution in [1.29, 1.82) is 0 Å². The number of fused-ring (bicyclic) bond motifs is 1. The lowest BCUT2D eigenvalue weighted by Crippen LogP contribution is -2.42. The summed E-state index contributed by atoms with van der Waals surface area (Å²) in [5.41, 5.74) is 3.12. The van der Waals surface area contributed by atoms with Gasteiger partial charge in [0.15, 0.2) is 0 Å². The highest BCUT2D eigenvalue weighted by atomic mass is 32.2. The van der Waals surface area contributed by atoms with E-state index in [0.29, 0.717) is 32.4 Å². The summed E-state index contributed by atoms with van der Waals surface area (Å²) < 4.78 is 27.9. The number of aromatic nitrogens is 2. The summed E-state index contributed by atoms with van der Waals surface area (Å²) in [6.45, 7) is 2.69. The molecule has 4 rings (SSSR count). The van der Waals surface area contributed by atoms with Gasteiger partial charge in [-0.3, -0.25) is 4.79 Å². The van der Waals surface area contributed by atoms with Crippen LogP contribution >= 0.6 is 0 Å². The minimum atomic E-state index is -3.20. The van der Waals surface area contributed by atoms with Gasteiger partial charge in [0.1, 0.15) is 5.82 Å². The molecule has 1 N–H and O–H groups in total. The zero-order valence-corrected chi connectivity index (χ0v) is 17.6. The van der Waals surface area contributed by atoms with E-state index in [4.69, 9.17) is 5.10 Å². The Morgan fingerprint density at radius 1 is 1.17 bits per heavy atom. The monoisotopic (exact) mass is 416 g/mol. The van der Waals surface area contributed by atoms with E-state index in [2.05, 4.69) is 5.32 Å². The number of benzene rings is 1. The molecule has 1 aromatic carbocycles. The Morgan fingerprint density at radius 3 is 2.59 bits per heavy atom. The van der Waals surface area contributed by atoms with Gasteiger partial charge in [-0.2, -0.15) is 5.10 Å². The van der Waals surface area contributed by atoms with Crippen molar-refractivity contribution in [3.8, 4) is 5.69 Å². The van der Waals surface area contributed by atoms with Crippen LogP contribution in [0.1, 0.15) is 43.9 Å². The van der Waals surface area contributed by atoms with Gasteiger partial charge >= 0.3 is 0 Å². The first-order valence-electron chi connectivity index (χ1n) is 10.4. The largest absolute Gasteiger partial charge is 0.310 e. The third-order valence-electron chi connectivity index (χ3n) is 5.83. The first kappa shape index (κ1) is 20.1. The van der Waals surface area contributed by atoms with Gasteiger partial charge in [-0.15, -0.1) is 0 Å². The highest BCUT2D eigenvalue weighted by molar-refractivity contribution is 7.89. The van der Waals surface area contributed by atoms with Gasteiger partial charge in [0.2, 0.25) is 15.9 Å². The van der Waals surface area contributed by atoms with Gasteiger partial charge in [0.05, 0.1) is 17.1 Å². The molecule has 7 nitrogen and oxygen atoms in total. The molecule has 1 amide bonds. The molecule has 156 valence electrons. The Kier molecular flexibility index (Phi) is 5.74. The number of piperidine rings is 1. The van der Waals surface area contributed by atoms with E-state index in [-0.39, 0.29) is 17.6 Å². The van der Waals surface area contributed by atoms with Crippen molar-refractivity contribution in [3.63, 3.8) is 0 Å². The Hall–Kier alpha value is -2.19. The lowest BCUT2D eigenvalue weighted by molar-refractivity contribution is -0.121. The maximum Gasteiger partial charge on any atom is 0.228 e. The topological polar surface area (TPSA) is 84.3 Å². The second-order valence-corrected chi connectivity index (χ2v) is 9.94. The van der Waals surface area contributed by atoms with E-state index >= 15 is 0 Å². The molecule has 2 aromatic rings. The first-order chi connectivity index (χ1) is 14.0. The molecular formula is C21H28N4O3S. The van der Waals surface area contributed by atoms with Crippen LogP contribution in [-0.4, -0.2) is 47.3 Å². The van der Waals surface area contributed by atoms with Gasteiger partial charge in [0.25, 0.3) is 0 Å². The number of carbonyl (C=O) groups is 1. The van der Waals surface area contributed by atoms with Crippen molar-refractivity contribution in [2.24, 2.45) is 5.92 Å². The molecule has 1 saturated heterocycles. The summed E-state index contributed by atoms with van der Waals surface area (Å²) in [6, 6.07) is 9.84. The fourth-order valence-corrected chi connectivity index (χ4v) is 5.82. The molecule has 0 atom stereocenters. The maximum atomic E-state index is 13.0. The van der Waals surface area contributed by atoms with E-state index in [1.54, 1.807) is 0 Å². The average Bonchev–Trinajstić information content (AvgIpc) is 3.31. The van der Waals surface area contributed by atoms with Crippen LogP contribution in [0.4, 0.5) is 5.82 Å². The van der Waals surface area contributed by atoms with Gasteiger partial charge < -0.3 is 5.32 Å². The van der Waals surface area contributed by atoms with E-state index in [1.807, 2.05) is 41.9 Å². The molecule has 0 spiro atoms. The third-order valence-corrected chi connectivity index (χ3v) is 7.91. The lowest BCUT2D eigenvalue weighted by Gasteiger charge is -2.30. The third kappa shape index (κ3) is 4.09. The molecule has 2 heterocycles. The van der Waals surface area contributed by atoms with Crippen LogP contribution in [0, 0.1) is 5.92 Å². The normalized spacial score (nSPS) is 18.0. The number of rotatable bonds is 6. The average molecular weight is 417 g/mol. The fourth-order valence-electron chi connectivity index (χ4n) is 4.28. The molecule has 0 bridgehead atoms. The number of carbonyl (C=O) groups excluding carboxylic acids is 1. The van der Waals surface area contributed by atoms with Crippen LogP contribution in [0.15, 0.2) is 30.3 Å². The minimum Gasteiger partial charge on any atom is -0.310 e. The van der Waals surface area contributed by atoms with Crippen LogP contribution in [0.25, 0.3) is 5.69 Å². The number of aryl methyl sites for hydroxylation is 1. The number of sulfonamides is 1. The molecule has 0 unspecified atom stereocenters. The summed E-state index contributed by atoms with van der Waals surface area (Å²) in [6.07, 6.45) is 4.63. The molecule has 8 heteroatoms. The predicted molar refractivity (Wildman–Crippen MR) is 113 cm³/mol. The maximum absolute atomic E-state index is 13.0. The number of hydrogen-bond acceptors (Lipinski definition) is 4. The Bertz CT molecular complexity index is 977. The molecule has 1 aromatic heterocycles. The number of hydrogen-bond donors (Lipinski definition) is 1. The number of amides is 1. The minimum absolute atomic E-state index is 0.0377. The Balaban J connectivity index is 1.49. The van der Waals surface area contributed by atoms with Crippen molar-refractivity contribution in [3.05, 3.63) is 41.6 Å². The van der Waals surface area contributed by atoms with Crippen LogP contribution in [0.3, 0.4) is 0 Å². The number of nitrogens with zero attached hydrogens (tertiary/aromatic N) is 3. The molecular weight excluding hydrogens is 388 g/mol. The van der Waals surface area contributed by atoms with Gasteiger partial charge in [-0.1, -0.05) is 25.1 Å². The number of para-hydroxylation sites is 1. The van der Waals surface area contributed by atoms with Gasteiger partial charge in [-0.25, -0.2) is 17.4 Å². The van der Waals surface area contributed by atoms with Crippen LogP contribution in [0.5, 0.6) is 0 Å². The van der Waals surface area contributed by atoms with Crippen LogP contribution in [0.2, 0.25) is 0 Å². The molecule has 1 aliphatic carbocycles. The van der Waals surface area contributed by atoms with Crippen molar-refractivity contribution >= 4 is 21.7 Å². The van der Waals surface area contributed by atoms with Crippen molar-refractivity contribution < 1.29 is 13.2 Å². The highest BCUT2D eigenvalue weighted by Crippen LogP contribution is 2.32. The summed E-state index contributed by atoms with van der Waals surface area (Å²) >= 11 is 0. The van der Waals surface area contributed by atoms with Crippen molar-refractivity contribution in [2.45, 2.75) is 45.4 Å². The van der Waals surface area contributed by atoms with E-state index in [1.165, 1.54) is 4.31 Å². The first-order valence-corrected chi connectivity index (χ1v) is 12.1. The summed E-state index contributed by atoms with van der Waals surface area (Å²) in [5.74, 6) is 0.727. The summed E-state index contributed by atoms with van der Waals surface area (Å²) in [5, 5.41) is 7.87.